The van der Waals surface area contributed by atoms with Crippen molar-refractivity contribution in [1.82, 2.24) is 4.90 Å². The average Bonchev–Trinajstić information content (AvgIpc) is 3.15. The van der Waals surface area contributed by atoms with Gasteiger partial charge in [-0.15, -0.1) is 0 Å². The molecule has 2 atom stereocenters. The second-order valence-corrected chi connectivity index (χ2v) is 6.24. The Kier molecular flexibility index (Phi) is 5.11. The van der Waals surface area contributed by atoms with Gasteiger partial charge in [0.1, 0.15) is 0 Å². The number of esters is 1. The summed E-state index contributed by atoms with van der Waals surface area (Å²) < 4.78 is 5.69. The molecule has 0 saturated carbocycles. The van der Waals surface area contributed by atoms with Crippen molar-refractivity contribution in [3.05, 3.63) is 48.0 Å². The van der Waals surface area contributed by atoms with Crippen LogP contribution in [0.25, 0.3) is 0 Å². The fourth-order valence-electron chi connectivity index (χ4n) is 3.21. The standard InChI is InChI=1S/C19H23NO3/c21-18(20-13-7-8-14-20)17(15-9-3-1-4-10-15)23-19(22)16-11-5-2-6-12-16/h1-5,9-10,16-17H,6-8,11-14H2/t16-,17-/m0/s1. The number of allylic oxidation sites excluding steroid dienone is 2. The van der Waals surface area contributed by atoms with E-state index in [9.17, 15) is 9.59 Å². The topological polar surface area (TPSA) is 46.6 Å². The number of likely N-dealkylation sites (tertiary alicyclic amines) is 1. The van der Waals surface area contributed by atoms with Crippen LogP contribution in [-0.4, -0.2) is 29.9 Å². The van der Waals surface area contributed by atoms with E-state index < -0.39 is 6.10 Å². The fraction of sp³-hybridized carbons (Fsp3) is 0.474. The quantitative estimate of drug-likeness (QED) is 0.633. The largest absolute Gasteiger partial charge is 0.447 e. The predicted octanol–water partition coefficient (Wildman–Crippen LogP) is 3.25. The number of carbonyl (C=O) groups is 2. The molecule has 1 saturated heterocycles. The van der Waals surface area contributed by atoms with Crippen LogP contribution in [0.3, 0.4) is 0 Å². The van der Waals surface area contributed by atoms with E-state index in [1.807, 2.05) is 41.3 Å². The summed E-state index contributed by atoms with van der Waals surface area (Å²) in [5.41, 5.74) is 0.754. The van der Waals surface area contributed by atoms with Gasteiger partial charge in [-0.1, -0.05) is 42.5 Å². The molecule has 1 aromatic carbocycles. The summed E-state index contributed by atoms with van der Waals surface area (Å²) in [4.78, 5) is 27.1. The lowest BCUT2D eigenvalue weighted by Gasteiger charge is -2.25. The summed E-state index contributed by atoms with van der Waals surface area (Å²) in [6.07, 6.45) is 7.75. The Balaban J connectivity index is 1.76. The highest BCUT2D eigenvalue weighted by atomic mass is 16.5. The lowest BCUT2D eigenvalue weighted by molar-refractivity contribution is -0.164. The van der Waals surface area contributed by atoms with Crippen LogP contribution in [0.2, 0.25) is 0 Å². The molecule has 4 nitrogen and oxygen atoms in total. The van der Waals surface area contributed by atoms with Gasteiger partial charge in [0, 0.05) is 18.7 Å². The molecule has 122 valence electrons. The van der Waals surface area contributed by atoms with Crippen molar-refractivity contribution in [2.24, 2.45) is 5.92 Å². The maximum absolute atomic E-state index is 12.8. The minimum atomic E-state index is -0.812. The van der Waals surface area contributed by atoms with Crippen molar-refractivity contribution < 1.29 is 14.3 Å². The molecule has 0 bridgehead atoms. The predicted molar refractivity (Wildman–Crippen MR) is 87.6 cm³/mol. The van der Waals surface area contributed by atoms with Crippen LogP contribution >= 0.6 is 0 Å². The zero-order chi connectivity index (χ0) is 16.1. The molecule has 1 aliphatic heterocycles. The van der Waals surface area contributed by atoms with Crippen molar-refractivity contribution >= 4 is 11.9 Å². The molecular weight excluding hydrogens is 290 g/mol. The minimum absolute atomic E-state index is 0.0894. The number of carbonyl (C=O) groups excluding carboxylic acids is 2. The zero-order valence-corrected chi connectivity index (χ0v) is 13.3. The van der Waals surface area contributed by atoms with Gasteiger partial charge in [0.25, 0.3) is 5.91 Å². The smallest absolute Gasteiger partial charge is 0.310 e. The Bertz CT molecular complexity index is 576. The molecule has 1 aliphatic carbocycles. The van der Waals surface area contributed by atoms with E-state index in [0.717, 1.165) is 44.3 Å². The maximum atomic E-state index is 12.8. The number of amides is 1. The van der Waals surface area contributed by atoms with Crippen molar-refractivity contribution in [2.75, 3.05) is 13.1 Å². The Hall–Kier alpha value is -2.10. The summed E-state index contributed by atoms with van der Waals surface area (Å²) in [5, 5.41) is 0. The Morgan fingerprint density at radius 3 is 2.48 bits per heavy atom. The summed E-state index contributed by atoms with van der Waals surface area (Å²) in [6, 6.07) is 9.35. The van der Waals surface area contributed by atoms with Crippen molar-refractivity contribution in [2.45, 2.75) is 38.2 Å². The first-order valence-corrected chi connectivity index (χ1v) is 8.45. The van der Waals surface area contributed by atoms with Crippen molar-refractivity contribution in [3.8, 4) is 0 Å². The van der Waals surface area contributed by atoms with Gasteiger partial charge >= 0.3 is 5.97 Å². The lowest BCUT2D eigenvalue weighted by atomic mass is 9.94. The molecule has 23 heavy (non-hydrogen) atoms. The highest BCUT2D eigenvalue weighted by Gasteiger charge is 2.32. The van der Waals surface area contributed by atoms with Crippen LogP contribution in [0.4, 0.5) is 0 Å². The third-order valence-corrected chi connectivity index (χ3v) is 4.58. The van der Waals surface area contributed by atoms with E-state index >= 15 is 0 Å². The molecule has 1 aromatic rings. The van der Waals surface area contributed by atoms with Gasteiger partial charge < -0.3 is 9.64 Å². The number of nitrogens with zero attached hydrogens (tertiary/aromatic N) is 1. The number of ether oxygens (including phenoxy) is 1. The van der Waals surface area contributed by atoms with Crippen LogP contribution in [0, 0.1) is 5.92 Å². The van der Waals surface area contributed by atoms with Gasteiger partial charge in [0.2, 0.25) is 6.10 Å². The lowest BCUT2D eigenvalue weighted by Crippen LogP contribution is -2.36. The van der Waals surface area contributed by atoms with Crippen LogP contribution in [0.5, 0.6) is 0 Å². The van der Waals surface area contributed by atoms with E-state index in [4.69, 9.17) is 4.74 Å². The molecule has 0 N–H and O–H groups in total. The molecule has 1 amide bonds. The number of rotatable bonds is 4. The van der Waals surface area contributed by atoms with Gasteiger partial charge in [0.15, 0.2) is 0 Å². The van der Waals surface area contributed by atoms with Crippen molar-refractivity contribution in [3.63, 3.8) is 0 Å². The average molecular weight is 313 g/mol. The summed E-state index contributed by atoms with van der Waals surface area (Å²) in [7, 11) is 0. The van der Waals surface area contributed by atoms with Crippen LogP contribution in [0.1, 0.15) is 43.8 Å². The molecule has 2 aliphatic rings. The monoisotopic (exact) mass is 313 g/mol. The van der Waals surface area contributed by atoms with Crippen molar-refractivity contribution in [1.29, 1.82) is 0 Å². The van der Waals surface area contributed by atoms with Gasteiger partial charge in [-0.05, 0) is 32.1 Å². The van der Waals surface area contributed by atoms with Gasteiger partial charge in [-0.2, -0.15) is 0 Å². The SMILES string of the molecule is O=C(O[C@H](C(=O)N1CCCC1)c1ccccc1)[C@H]1CC=CCC1. The molecule has 1 fully saturated rings. The van der Waals surface area contributed by atoms with Gasteiger partial charge in [-0.3, -0.25) is 9.59 Å². The molecular formula is C19H23NO3. The highest BCUT2D eigenvalue weighted by Crippen LogP contribution is 2.27. The highest BCUT2D eigenvalue weighted by molar-refractivity contribution is 5.85. The van der Waals surface area contributed by atoms with E-state index in [0.29, 0.717) is 6.42 Å². The fourth-order valence-corrected chi connectivity index (χ4v) is 3.21. The van der Waals surface area contributed by atoms with Gasteiger partial charge in [-0.25, -0.2) is 0 Å². The first-order chi connectivity index (χ1) is 11.3. The minimum Gasteiger partial charge on any atom is -0.447 e. The van der Waals surface area contributed by atoms with Gasteiger partial charge in [0.05, 0.1) is 5.92 Å². The number of benzene rings is 1. The van der Waals surface area contributed by atoms with E-state index in [2.05, 4.69) is 6.08 Å². The first-order valence-electron chi connectivity index (χ1n) is 8.45. The number of hydrogen-bond acceptors (Lipinski definition) is 3. The Morgan fingerprint density at radius 1 is 1.09 bits per heavy atom. The second-order valence-electron chi connectivity index (χ2n) is 6.24. The molecule has 0 spiro atoms. The van der Waals surface area contributed by atoms with Crippen LogP contribution < -0.4 is 0 Å². The summed E-state index contributed by atoms with van der Waals surface area (Å²) in [6.45, 7) is 1.51. The van der Waals surface area contributed by atoms with Crippen LogP contribution in [0.15, 0.2) is 42.5 Å². The van der Waals surface area contributed by atoms with E-state index in [-0.39, 0.29) is 17.8 Å². The summed E-state index contributed by atoms with van der Waals surface area (Å²) >= 11 is 0. The Labute approximate surface area is 137 Å². The molecule has 3 rings (SSSR count). The normalized spacial score (nSPS) is 21.9. The molecule has 1 heterocycles. The maximum Gasteiger partial charge on any atom is 0.310 e. The molecule has 0 unspecified atom stereocenters. The van der Waals surface area contributed by atoms with E-state index in [1.165, 1.54) is 0 Å². The Morgan fingerprint density at radius 2 is 1.83 bits per heavy atom. The zero-order valence-electron chi connectivity index (χ0n) is 13.3. The molecule has 4 heteroatoms. The number of hydrogen-bond donors (Lipinski definition) is 0. The van der Waals surface area contributed by atoms with E-state index in [1.54, 1.807) is 0 Å². The third-order valence-electron chi connectivity index (χ3n) is 4.58. The second kappa shape index (κ2) is 7.44. The first kappa shape index (κ1) is 15.8. The molecule has 0 radical (unpaired) electrons. The van der Waals surface area contributed by atoms with Crippen LogP contribution in [-0.2, 0) is 14.3 Å². The molecule has 0 aromatic heterocycles. The summed E-state index contributed by atoms with van der Waals surface area (Å²) in [5.74, 6) is -0.471. The third kappa shape index (κ3) is 3.81.